The number of imidazole rings is 1. The molecular weight excluding hydrogens is 492 g/mol. The molecule has 6 rings (SSSR count). The largest absolute Gasteiger partial charge is 0.417 e. The number of anilines is 1. The fourth-order valence-corrected chi connectivity index (χ4v) is 4.96. The summed E-state index contributed by atoms with van der Waals surface area (Å²) in [5, 5.41) is 2.81. The SMILES string of the molecule is O=C(c1c[nH]c(-c2nc3c(F)cc(N4CCN5C(=O)NC[C@@H]5C4)cc3[nH]2)c1)c1ccccc1C(F)(F)F. The number of alkyl halides is 3. The minimum absolute atomic E-state index is 0.00897. The van der Waals surface area contributed by atoms with Gasteiger partial charge in [-0.05, 0) is 24.3 Å². The first-order valence-electron chi connectivity index (χ1n) is 11.6. The minimum Gasteiger partial charge on any atom is -0.367 e. The smallest absolute Gasteiger partial charge is 0.367 e. The first-order valence-corrected chi connectivity index (χ1v) is 11.6. The van der Waals surface area contributed by atoms with E-state index in [4.69, 9.17) is 0 Å². The monoisotopic (exact) mass is 512 g/mol. The second-order valence-electron chi connectivity index (χ2n) is 9.06. The van der Waals surface area contributed by atoms with Crippen molar-refractivity contribution >= 4 is 28.5 Å². The Labute approximate surface area is 207 Å². The average molecular weight is 512 g/mol. The van der Waals surface area contributed by atoms with Crippen molar-refractivity contribution in [2.45, 2.75) is 12.2 Å². The third kappa shape index (κ3) is 3.98. The lowest BCUT2D eigenvalue weighted by Crippen LogP contribution is -2.52. The molecule has 0 saturated carbocycles. The molecule has 2 saturated heterocycles. The second kappa shape index (κ2) is 8.36. The predicted octanol–water partition coefficient (Wildman–Crippen LogP) is 4.16. The average Bonchev–Trinajstić information content (AvgIpc) is 3.61. The van der Waals surface area contributed by atoms with Gasteiger partial charge in [0.1, 0.15) is 5.52 Å². The van der Waals surface area contributed by atoms with Gasteiger partial charge in [-0.15, -0.1) is 0 Å². The van der Waals surface area contributed by atoms with Crippen LogP contribution < -0.4 is 10.2 Å². The number of hydrogen-bond donors (Lipinski definition) is 3. The number of amides is 2. The van der Waals surface area contributed by atoms with Crippen LogP contribution in [0.25, 0.3) is 22.6 Å². The number of piperazine rings is 1. The van der Waals surface area contributed by atoms with Gasteiger partial charge in [-0.1, -0.05) is 18.2 Å². The van der Waals surface area contributed by atoms with Gasteiger partial charge in [0.15, 0.2) is 17.4 Å². The Balaban J connectivity index is 1.28. The third-order valence-electron chi connectivity index (χ3n) is 6.80. The van der Waals surface area contributed by atoms with Gasteiger partial charge in [-0.2, -0.15) is 13.2 Å². The molecule has 2 amide bonds. The van der Waals surface area contributed by atoms with Gasteiger partial charge in [0.05, 0.1) is 22.8 Å². The zero-order valence-electron chi connectivity index (χ0n) is 19.2. The number of nitrogens with one attached hydrogen (secondary N) is 3. The summed E-state index contributed by atoms with van der Waals surface area (Å²) in [5.74, 6) is -1.09. The van der Waals surface area contributed by atoms with Crippen molar-refractivity contribution in [1.29, 1.82) is 0 Å². The summed E-state index contributed by atoms with van der Waals surface area (Å²) < 4.78 is 55.1. The second-order valence-corrected chi connectivity index (χ2v) is 9.06. The molecule has 8 nitrogen and oxygen atoms in total. The molecule has 2 aliphatic heterocycles. The lowest BCUT2D eigenvalue weighted by Gasteiger charge is -2.37. The summed E-state index contributed by atoms with van der Waals surface area (Å²) in [4.78, 5) is 38.7. The fraction of sp³-hybridized carbons (Fsp3) is 0.240. The van der Waals surface area contributed by atoms with Crippen molar-refractivity contribution in [2.24, 2.45) is 0 Å². The number of H-pyrrole nitrogens is 2. The van der Waals surface area contributed by atoms with Gasteiger partial charge >= 0.3 is 12.2 Å². The van der Waals surface area contributed by atoms with Crippen LogP contribution in [-0.4, -0.2) is 63.9 Å². The van der Waals surface area contributed by atoms with Crippen LogP contribution in [0.3, 0.4) is 0 Å². The molecule has 37 heavy (non-hydrogen) atoms. The minimum atomic E-state index is -4.67. The normalized spacial score (nSPS) is 17.8. The molecule has 0 unspecified atom stereocenters. The van der Waals surface area contributed by atoms with Crippen LogP contribution in [-0.2, 0) is 6.18 Å². The maximum absolute atomic E-state index is 15.0. The van der Waals surface area contributed by atoms with Crippen LogP contribution in [0.5, 0.6) is 0 Å². The topological polar surface area (TPSA) is 97.1 Å². The molecule has 2 aromatic heterocycles. The van der Waals surface area contributed by atoms with Crippen molar-refractivity contribution in [3.63, 3.8) is 0 Å². The summed E-state index contributed by atoms with van der Waals surface area (Å²) in [6, 6.07) is 9.06. The predicted molar refractivity (Wildman–Crippen MR) is 127 cm³/mol. The van der Waals surface area contributed by atoms with E-state index >= 15 is 4.39 Å². The number of fused-ring (bicyclic) bond motifs is 2. The molecule has 2 aliphatic rings. The molecule has 4 heterocycles. The zero-order chi connectivity index (χ0) is 25.9. The maximum atomic E-state index is 15.0. The summed E-state index contributed by atoms with van der Waals surface area (Å²) in [6.45, 7) is 2.18. The van der Waals surface area contributed by atoms with Crippen molar-refractivity contribution in [1.82, 2.24) is 25.2 Å². The molecule has 0 radical (unpaired) electrons. The molecule has 1 atom stereocenters. The summed E-state index contributed by atoms with van der Waals surface area (Å²) in [6.07, 6.45) is -3.37. The van der Waals surface area contributed by atoms with E-state index in [1.807, 2.05) is 4.90 Å². The number of hydrogen-bond acceptors (Lipinski definition) is 4. The summed E-state index contributed by atoms with van der Waals surface area (Å²) in [7, 11) is 0. The van der Waals surface area contributed by atoms with Crippen LogP contribution in [0.4, 0.5) is 28.0 Å². The Morgan fingerprint density at radius 3 is 2.73 bits per heavy atom. The first kappa shape index (κ1) is 23.1. The number of nitrogens with zero attached hydrogens (tertiary/aromatic N) is 3. The highest BCUT2D eigenvalue weighted by molar-refractivity contribution is 6.10. The number of benzene rings is 2. The molecule has 2 aromatic carbocycles. The number of carbonyl (C=O) groups excluding carboxylic acids is 2. The Morgan fingerprint density at radius 1 is 1.11 bits per heavy atom. The van der Waals surface area contributed by atoms with E-state index < -0.39 is 28.9 Å². The Hall–Kier alpha value is -4.35. The standard InChI is InChI=1S/C25H20F4N6O2/c26-18-8-14(34-5-6-35-15(12-34)11-31-24(35)37)9-19-21(18)33-23(32-19)20-7-13(10-30-20)22(36)16-3-1-2-4-17(16)25(27,28)29/h1-4,7-10,15,30H,5-6,11-12H2,(H,31,37)(H,32,33)/t15-/m1/s1. The molecule has 3 N–H and O–H groups in total. The van der Waals surface area contributed by atoms with Gasteiger partial charge in [0, 0.05) is 49.2 Å². The van der Waals surface area contributed by atoms with Crippen molar-refractivity contribution in [3.05, 3.63) is 71.2 Å². The van der Waals surface area contributed by atoms with Crippen LogP contribution in [0.1, 0.15) is 21.5 Å². The van der Waals surface area contributed by atoms with Gasteiger partial charge in [0.2, 0.25) is 0 Å². The van der Waals surface area contributed by atoms with Gasteiger partial charge in [0.25, 0.3) is 0 Å². The molecule has 190 valence electrons. The summed E-state index contributed by atoms with van der Waals surface area (Å²) >= 11 is 0. The molecule has 0 aliphatic carbocycles. The first-order chi connectivity index (χ1) is 17.7. The van der Waals surface area contributed by atoms with E-state index in [2.05, 4.69) is 20.3 Å². The Kier molecular flexibility index (Phi) is 5.21. The van der Waals surface area contributed by atoms with Crippen molar-refractivity contribution in [3.8, 4) is 11.5 Å². The number of aromatic nitrogens is 3. The molecule has 4 aromatic rings. The van der Waals surface area contributed by atoms with Crippen molar-refractivity contribution < 1.29 is 27.2 Å². The number of rotatable bonds is 4. The van der Waals surface area contributed by atoms with E-state index in [1.54, 1.807) is 11.0 Å². The molecule has 0 bridgehead atoms. The van der Waals surface area contributed by atoms with Crippen LogP contribution in [0.15, 0.2) is 48.7 Å². The van der Waals surface area contributed by atoms with Crippen LogP contribution in [0.2, 0.25) is 0 Å². The number of carbonyl (C=O) groups is 2. The number of aromatic amines is 2. The molecule has 0 spiro atoms. The number of halogens is 4. The highest BCUT2D eigenvalue weighted by Crippen LogP contribution is 2.34. The van der Waals surface area contributed by atoms with E-state index in [0.717, 1.165) is 12.1 Å². The Bertz CT molecular complexity index is 1540. The zero-order valence-corrected chi connectivity index (χ0v) is 19.2. The highest BCUT2D eigenvalue weighted by atomic mass is 19.4. The number of ketones is 1. The lowest BCUT2D eigenvalue weighted by molar-refractivity contribution is -0.137. The fourth-order valence-electron chi connectivity index (χ4n) is 4.96. The Morgan fingerprint density at radius 2 is 1.92 bits per heavy atom. The highest BCUT2D eigenvalue weighted by Gasteiger charge is 2.36. The lowest BCUT2D eigenvalue weighted by atomic mass is 9.99. The van der Waals surface area contributed by atoms with Crippen molar-refractivity contribution in [2.75, 3.05) is 31.1 Å². The van der Waals surface area contributed by atoms with Gasteiger partial charge in [-0.25, -0.2) is 14.2 Å². The van der Waals surface area contributed by atoms with Crippen LogP contribution in [0, 0.1) is 5.82 Å². The van der Waals surface area contributed by atoms with E-state index in [-0.39, 0.29) is 29.0 Å². The third-order valence-corrected chi connectivity index (χ3v) is 6.80. The van der Waals surface area contributed by atoms with E-state index in [0.29, 0.717) is 43.1 Å². The quantitative estimate of drug-likeness (QED) is 0.283. The number of urea groups is 1. The van der Waals surface area contributed by atoms with E-state index in [9.17, 15) is 22.8 Å². The van der Waals surface area contributed by atoms with Gasteiger partial charge in [-0.3, -0.25) is 4.79 Å². The van der Waals surface area contributed by atoms with E-state index in [1.165, 1.54) is 30.5 Å². The molecule has 12 heteroatoms. The van der Waals surface area contributed by atoms with Gasteiger partial charge < -0.3 is 25.1 Å². The molecule has 2 fully saturated rings. The maximum Gasteiger partial charge on any atom is 0.417 e. The summed E-state index contributed by atoms with van der Waals surface area (Å²) in [5.41, 5.74) is 0.0445. The molecular formula is C25H20F4N6O2. The van der Waals surface area contributed by atoms with Crippen LogP contribution >= 0.6 is 0 Å².